The fourth-order valence-electron chi connectivity index (χ4n) is 1.11. The highest BCUT2D eigenvalue weighted by molar-refractivity contribution is 9.10. The van der Waals surface area contributed by atoms with Crippen LogP contribution in [-0.4, -0.2) is 9.97 Å². The van der Waals surface area contributed by atoms with Crippen molar-refractivity contribution in [2.75, 3.05) is 11.1 Å². The van der Waals surface area contributed by atoms with Gasteiger partial charge in [0.15, 0.2) is 0 Å². The van der Waals surface area contributed by atoms with Crippen molar-refractivity contribution < 1.29 is 0 Å². The quantitative estimate of drug-likeness (QED) is 0.720. The van der Waals surface area contributed by atoms with Crippen molar-refractivity contribution in [1.29, 1.82) is 0 Å². The summed E-state index contributed by atoms with van der Waals surface area (Å²) in [5, 5.41) is 3.07. The van der Waals surface area contributed by atoms with Crippen LogP contribution in [0.2, 0.25) is 0 Å². The van der Waals surface area contributed by atoms with E-state index in [0.717, 1.165) is 10.2 Å². The number of anilines is 3. The summed E-state index contributed by atoms with van der Waals surface area (Å²) in [6, 6.07) is 5.65. The van der Waals surface area contributed by atoms with Gasteiger partial charge in [-0.25, -0.2) is 4.98 Å². The Morgan fingerprint density at radius 2 is 2.29 bits per heavy atom. The number of rotatable bonds is 2. The lowest BCUT2D eigenvalue weighted by Gasteiger charge is -2.06. The van der Waals surface area contributed by atoms with Crippen molar-refractivity contribution >= 4 is 33.3 Å². The summed E-state index contributed by atoms with van der Waals surface area (Å²) in [7, 11) is 0. The van der Waals surface area contributed by atoms with Gasteiger partial charge in [-0.3, -0.25) is 0 Å². The van der Waals surface area contributed by atoms with Gasteiger partial charge >= 0.3 is 0 Å². The fraction of sp³-hybridized carbons (Fsp3) is 0. The van der Waals surface area contributed by atoms with Gasteiger partial charge < -0.3 is 16.0 Å². The molecule has 0 radical (unpaired) electrons. The number of nitrogens with zero attached hydrogens (tertiary/aromatic N) is 1. The van der Waals surface area contributed by atoms with Gasteiger partial charge in [0.05, 0.1) is 11.4 Å². The Kier molecular flexibility index (Phi) is 2.41. The second-order valence-corrected chi connectivity index (χ2v) is 3.71. The molecule has 72 valence electrons. The van der Waals surface area contributed by atoms with E-state index in [1.807, 2.05) is 18.2 Å². The first-order valence-electron chi connectivity index (χ1n) is 4.07. The topological polar surface area (TPSA) is 66.7 Å². The van der Waals surface area contributed by atoms with Crippen molar-refractivity contribution in [2.24, 2.45) is 0 Å². The van der Waals surface area contributed by atoms with Gasteiger partial charge in [0.2, 0.25) is 5.95 Å². The summed E-state index contributed by atoms with van der Waals surface area (Å²) in [4.78, 5) is 6.98. The van der Waals surface area contributed by atoms with Gasteiger partial charge in [-0.15, -0.1) is 0 Å². The highest BCUT2D eigenvalue weighted by atomic mass is 79.9. The van der Waals surface area contributed by atoms with E-state index in [1.165, 1.54) is 0 Å². The van der Waals surface area contributed by atoms with Gasteiger partial charge in [0, 0.05) is 16.9 Å². The molecule has 5 heteroatoms. The van der Waals surface area contributed by atoms with Crippen LogP contribution in [-0.2, 0) is 0 Å². The first-order valence-corrected chi connectivity index (χ1v) is 4.86. The second kappa shape index (κ2) is 3.71. The minimum atomic E-state index is 0.677. The average molecular weight is 253 g/mol. The monoisotopic (exact) mass is 252 g/mol. The lowest BCUT2D eigenvalue weighted by Crippen LogP contribution is -1.97. The lowest BCUT2D eigenvalue weighted by atomic mass is 10.3. The standard InChI is InChI=1S/C9H9BrN4/c10-6-1-2-8(7(11)5-6)14-9-12-3-4-13-9/h1-5H,11H2,(H2,12,13,14). The molecule has 4 nitrogen and oxygen atoms in total. The molecule has 2 aromatic rings. The number of hydrogen-bond acceptors (Lipinski definition) is 3. The van der Waals surface area contributed by atoms with Crippen molar-refractivity contribution in [2.45, 2.75) is 0 Å². The zero-order chi connectivity index (χ0) is 9.97. The highest BCUT2D eigenvalue weighted by Crippen LogP contribution is 2.24. The van der Waals surface area contributed by atoms with E-state index in [2.05, 4.69) is 31.2 Å². The number of halogens is 1. The van der Waals surface area contributed by atoms with E-state index in [1.54, 1.807) is 12.4 Å². The molecule has 0 unspecified atom stereocenters. The Bertz CT molecular complexity index is 424. The molecule has 4 N–H and O–H groups in total. The fourth-order valence-corrected chi connectivity index (χ4v) is 1.49. The molecular weight excluding hydrogens is 244 g/mol. The molecule has 0 amide bonds. The lowest BCUT2D eigenvalue weighted by molar-refractivity contribution is 1.29. The zero-order valence-electron chi connectivity index (χ0n) is 7.29. The first-order chi connectivity index (χ1) is 6.75. The molecular formula is C9H9BrN4. The summed E-state index contributed by atoms with van der Waals surface area (Å²) in [6.07, 6.45) is 3.43. The van der Waals surface area contributed by atoms with Crippen LogP contribution in [0.1, 0.15) is 0 Å². The molecule has 0 aliphatic rings. The zero-order valence-corrected chi connectivity index (χ0v) is 8.88. The first kappa shape index (κ1) is 9.08. The van der Waals surface area contributed by atoms with E-state index in [4.69, 9.17) is 5.73 Å². The van der Waals surface area contributed by atoms with Crippen LogP contribution in [0.5, 0.6) is 0 Å². The van der Waals surface area contributed by atoms with Crippen LogP contribution in [0.4, 0.5) is 17.3 Å². The van der Waals surface area contributed by atoms with Crippen molar-refractivity contribution in [3.05, 3.63) is 35.1 Å². The molecule has 0 bridgehead atoms. The van der Waals surface area contributed by atoms with E-state index < -0.39 is 0 Å². The van der Waals surface area contributed by atoms with Crippen LogP contribution in [0, 0.1) is 0 Å². The maximum Gasteiger partial charge on any atom is 0.204 e. The number of imidazole rings is 1. The molecule has 0 atom stereocenters. The van der Waals surface area contributed by atoms with E-state index in [-0.39, 0.29) is 0 Å². The van der Waals surface area contributed by atoms with E-state index in [0.29, 0.717) is 11.6 Å². The van der Waals surface area contributed by atoms with Gasteiger partial charge in [0.1, 0.15) is 0 Å². The number of hydrogen-bond donors (Lipinski definition) is 3. The molecule has 0 aliphatic carbocycles. The van der Waals surface area contributed by atoms with Gasteiger partial charge in [-0.2, -0.15) is 0 Å². The van der Waals surface area contributed by atoms with Crippen LogP contribution in [0.15, 0.2) is 35.1 Å². The van der Waals surface area contributed by atoms with Crippen LogP contribution in [0.3, 0.4) is 0 Å². The number of benzene rings is 1. The maximum absolute atomic E-state index is 5.80. The SMILES string of the molecule is Nc1cc(Br)ccc1Nc1ncc[nH]1. The normalized spacial score (nSPS) is 10.1. The molecule has 0 saturated heterocycles. The minimum Gasteiger partial charge on any atom is -0.397 e. The third kappa shape index (κ3) is 1.88. The summed E-state index contributed by atoms with van der Waals surface area (Å²) in [5.41, 5.74) is 7.32. The number of H-pyrrole nitrogens is 1. The molecule has 0 aliphatic heterocycles. The van der Waals surface area contributed by atoms with E-state index in [9.17, 15) is 0 Å². The third-order valence-electron chi connectivity index (χ3n) is 1.76. The Balaban J connectivity index is 2.25. The summed E-state index contributed by atoms with van der Waals surface area (Å²) < 4.78 is 0.958. The van der Waals surface area contributed by atoms with E-state index >= 15 is 0 Å². The summed E-state index contributed by atoms with van der Waals surface area (Å²) in [6.45, 7) is 0. The van der Waals surface area contributed by atoms with Gasteiger partial charge in [-0.1, -0.05) is 15.9 Å². The largest absolute Gasteiger partial charge is 0.397 e. The van der Waals surface area contributed by atoms with Gasteiger partial charge in [0.25, 0.3) is 0 Å². The average Bonchev–Trinajstić information content (AvgIpc) is 2.62. The molecule has 1 aromatic heterocycles. The molecule has 14 heavy (non-hydrogen) atoms. The van der Waals surface area contributed by atoms with Crippen molar-refractivity contribution in [3.8, 4) is 0 Å². The van der Waals surface area contributed by atoms with Crippen molar-refractivity contribution in [1.82, 2.24) is 9.97 Å². The molecule has 0 fully saturated rings. The number of nitrogen functional groups attached to an aromatic ring is 1. The Labute approximate surface area is 89.7 Å². The van der Waals surface area contributed by atoms with Crippen LogP contribution in [0.25, 0.3) is 0 Å². The highest BCUT2D eigenvalue weighted by Gasteiger charge is 2.00. The Morgan fingerprint density at radius 1 is 1.43 bits per heavy atom. The molecule has 1 aromatic carbocycles. The number of nitrogens with one attached hydrogen (secondary N) is 2. The summed E-state index contributed by atoms with van der Waals surface area (Å²) in [5.74, 6) is 0.680. The Hall–Kier alpha value is -1.49. The number of aromatic amines is 1. The summed E-state index contributed by atoms with van der Waals surface area (Å²) >= 11 is 3.34. The number of aromatic nitrogens is 2. The second-order valence-electron chi connectivity index (χ2n) is 2.79. The van der Waals surface area contributed by atoms with Crippen LogP contribution >= 0.6 is 15.9 Å². The minimum absolute atomic E-state index is 0.677. The number of nitrogens with two attached hydrogens (primary N) is 1. The van der Waals surface area contributed by atoms with Crippen molar-refractivity contribution in [3.63, 3.8) is 0 Å². The molecule has 1 heterocycles. The molecule has 0 saturated carbocycles. The predicted octanol–water partition coefficient (Wildman–Crippen LogP) is 2.50. The Morgan fingerprint density at radius 3 is 2.93 bits per heavy atom. The third-order valence-corrected chi connectivity index (χ3v) is 2.26. The molecule has 2 rings (SSSR count). The smallest absolute Gasteiger partial charge is 0.204 e. The maximum atomic E-state index is 5.80. The predicted molar refractivity (Wildman–Crippen MR) is 60.4 cm³/mol. The van der Waals surface area contributed by atoms with Gasteiger partial charge in [-0.05, 0) is 18.2 Å². The van der Waals surface area contributed by atoms with Crippen LogP contribution < -0.4 is 11.1 Å². The molecule has 0 spiro atoms.